The third-order valence-electron chi connectivity index (χ3n) is 6.05. The molecular formula is C28H19B. The second kappa shape index (κ2) is 6.50. The molecule has 0 bridgehead atoms. The zero-order chi connectivity index (χ0) is 19.2. The Morgan fingerprint density at radius 1 is 0.345 bits per heavy atom. The van der Waals surface area contributed by atoms with Crippen molar-refractivity contribution in [3.05, 3.63) is 109 Å². The third kappa shape index (κ3) is 2.78. The van der Waals surface area contributed by atoms with Crippen LogP contribution in [0.1, 0.15) is 0 Å². The van der Waals surface area contributed by atoms with Gasteiger partial charge in [-0.1, -0.05) is 95.9 Å². The maximum Gasteiger partial charge on any atom is 0.193 e. The van der Waals surface area contributed by atoms with Crippen LogP contribution in [0.5, 0.6) is 0 Å². The molecule has 6 aromatic carbocycles. The molecule has 0 heterocycles. The Labute approximate surface area is 170 Å². The van der Waals surface area contributed by atoms with Crippen LogP contribution in [0.15, 0.2) is 109 Å². The summed E-state index contributed by atoms with van der Waals surface area (Å²) in [6.45, 7) is 0. The highest BCUT2D eigenvalue weighted by atomic mass is 14.1. The van der Waals surface area contributed by atoms with Gasteiger partial charge in [-0.15, -0.1) is 0 Å². The highest BCUT2D eigenvalue weighted by molar-refractivity contribution is 6.72. The molecule has 0 aliphatic heterocycles. The van der Waals surface area contributed by atoms with Crippen LogP contribution in [0.4, 0.5) is 0 Å². The van der Waals surface area contributed by atoms with Crippen molar-refractivity contribution in [2.45, 2.75) is 0 Å². The fourth-order valence-electron chi connectivity index (χ4n) is 4.58. The lowest BCUT2D eigenvalue weighted by Crippen LogP contribution is -2.28. The summed E-state index contributed by atoms with van der Waals surface area (Å²) in [6.07, 6.45) is 0. The summed E-state index contributed by atoms with van der Waals surface area (Å²) in [7, 11) is 0.936. The first-order valence-corrected chi connectivity index (χ1v) is 10.2. The van der Waals surface area contributed by atoms with E-state index in [1.165, 1.54) is 54.0 Å². The lowest BCUT2D eigenvalue weighted by atomic mass is 9.61. The second-order valence-electron chi connectivity index (χ2n) is 7.85. The molecule has 0 nitrogen and oxygen atoms in total. The summed E-state index contributed by atoms with van der Waals surface area (Å²) < 4.78 is 0. The number of rotatable bonds is 2. The molecule has 0 saturated carbocycles. The Hall–Kier alpha value is -3.58. The van der Waals surface area contributed by atoms with E-state index in [2.05, 4.69) is 109 Å². The molecule has 1 heteroatoms. The molecule has 0 spiro atoms. The van der Waals surface area contributed by atoms with E-state index >= 15 is 0 Å². The molecule has 0 unspecified atom stereocenters. The highest BCUT2D eigenvalue weighted by Gasteiger charge is 2.09. The van der Waals surface area contributed by atoms with Crippen molar-refractivity contribution in [1.82, 2.24) is 0 Å². The smallest absolute Gasteiger partial charge is 0.0708 e. The summed E-state index contributed by atoms with van der Waals surface area (Å²) in [6, 6.07) is 39.9. The molecule has 0 aromatic heterocycles. The van der Waals surface area contributed by atoms with E-state index in [0.29, 0.717) is 0 Å². The third-order valence-corrected chi connectivity index (χ3v) is 6.05. The molecule has 0 amide bonds. The van der Waals surface area contributed by atoms with Crippen molar-refractivity contribution in [3.63, 3.8) is 0 Å². The predicted molar refractivity (Wildman–Crippen MR) is 129 cm³/mol. The van der Waals surface area contributed by atoms with E-state index in [1.54, 1.807) is 0 Å². The number of hydrogen-bond donors (Lipinski definition) is 0. The van der Waals surface area contributed by atoms with Gasteiger partial charge in [-0.05, 0) is 67.4 Å². The minimum Gasteiger partial charge on any atom is -0.0708 e. The Balaban J connectivity index is 1.55. The van der Waals surface area contributed by atoms with Crippen molar-refractivity contribution in [1.29, 1.82) is 0 Å². The number of hydrogen-bond acceptors (Lipinski definition) is 0. The van der Waals surface area contributed by atoms with Gasteiger partial charge >= 0.3 is 0 Å². The molecule has 0 radical (unpaired) electrons. The zero-order valence-electron chi connectivity index (χ0n) is 16.1. The van der Waals surface area contributed by atoms with E-state index in [9.17, 15) is 0 Å². The van der Waals surface area contributed by atoms with E-state index in [1.807, 2.05) is 0 Å². The summed E-state index contributed by atoms with van der Waals surface area (Å²) in [4.78, 5) is 0. The summed E-state index contributed by atoms with van der Waals surface area (Å²) in [5.74, 6) is 0. The molecule has 0 saturated heterocycles. The molecule has 0 fully saturated rings. The predicted octanol–water partition coefficient (Wildman–Crippen LogP) is 5.69. The van der Waals surface area contributed by atoms with Crippen molar-refractivity contribution in [3.8, 4) is 0 Å². The Morgan fingerprint density at radius 3 is 1.17 bits per heavy atom. The van der Waals surface area contributed by atoms with Gasteiger partial charge in [0.15, 0.2) is 7.28 Å². The van der Waals surface area contributed by atoms with E-state index in [0.717, 1.165) is 7.28 Å². The molecule has 6 aromatic rings. The first-order valence-electron chi connectivity index (χ1n) is 10.2. The zero-order valence-corrected chi connectivity index (χ0v) is 16.1. The average Bonchev–Trinajstić information content (AvgIpc) is 2.77. The lowest BCUT2D eigenvalue weighted by molar-refractivity contribution is 1.78. The van der Waals surface area contributed by atoms with Gasteiger partial charge in [-0.3, -0.25) is 0 Å². The molecule has 0 aliphatic rings. The monoisotopic (exact) mass is 366 g/mol. The van der Waals surface area contributed by atoms with Gasteiger partial charge in [0.25, 0.3) is 0 Å². The van der Waals surface area contributed by atoms with Crippen LogP contribution in [-0.4, -0.2) is 7.28 Å². The fourth-order valence-corrected chi connectivity index (χ4v) is 4.58. The van der Waals surface area contributed by atoms with Gasteiger partial charge in [0.1, 0.15) is 0 Å². The topological polar surface area (TPSA) is 0 Å². The first-order chi connectivity index (χ1) is 14.3. The van der Waals surface area contributed by atoms with Crippen LogP contribution in [0.25, 0.3) is 43.1 Å². The van der Waals surface area contributed by atoms with Crippen LogP contribution >= 0.6 is 0 Å². The van der Waals surface area contributed by atoms with Crippen molar-refractivity contribution >= 4 is 61.3 Å². The number of benzene rings is 6. The van der Waals surface area contributed by atoms with Gasteiger partial charge in [-0.25, -0.2) is 0 Å². The van der Waals surface area contributed by atoms with Crippen molar-refractivity contribution in [2.75, 3.05) is 0 Å². The normalized spacial score (nSPS) is 11.4. The average molecular weight is 366 g/mol. The minimum absolute atomic E-state index is 0.936. The van der Waals surface area contributed by atoms with Crippen LogP contribution in [-0.2, 0) is 0 Å². The standard InChI is InChI=1S/C28H19B/c1-3-9-21-17-25-23(15-19(21)7-1)11-5-13-27(25)29-28-14-6-12-24-16-20-8-2-4-10-22(20)18-26(24)28/h1-18,29H. The molecule has 0 atom stereocenters. The van der Waals surface area contributed by atoms with Gasteiger partial charge in [0.2, 0.25) is 0 Å². The molecule has 0 aliphatic carbocycles. The maximum absolute atomic E-state index is 2.35. The summed E-state index contributed by atoms with van der Waals surface area (Å²) in [5, 5.41) is 10.5. The van der Waals surface area contributed by atoms with Gasteiger partial charge in [0.05, 0.1) is 0 Å². The molecule has 6 rings (SSSR count). The summed E-state index contributed by atoms with van der Waals surface area (Å²) >= 11 is 0. The van der Waals surface area contributed by atoms with Crippen molar-refractivity contribution < 1.29 is 0 Å². The fraction of sp³-hybridized carbons (Fsp3) is 0. The maximum atomic E-state index is 2.35. The number of fused-ring (bicyclic) bond motifs is 4. The van der Waals surface area contributed by atoms with E-state index < -0.39 is 0 Å². The molecule has 29 heavy (non-hydrogen) atoms. The van der Waals surface area contributed by atoms with Gasteiger partial charge in [-0.2, -0.15) is 0 Å². The van der Waals surface area contributed by atoms with Crippen molar-refractivity contribution in [2.24, 2.45) is 0 Å². The Morgan fingerprint density at radius 2 is 0.724 bits per heavy atom. The van der Waals surface area contributed by atoms with Crippen LogP contribution in [0, 0.1) is 0 Å². The van der Waals surface area contributed by atoms with E-state index in [4.69, 9.17) is 0 Å². The van der Waals surface area contributed by atoms with Gasteiger partial charge < -0.3 is 0 Å². The Bertz CT molecular complexity index is 1410. The second-order valence-corrected chi connectivity index (χ2v) is 7.85. The summed E-state index contributed by atoms with van der Waals surface area (Å²) in [5.41, 5.74) is 2.77. The van der Waals surface area contributed by atoms with Gasteiger partial charge in [0, 0.05) is 0 Å². The molecule has 134 valence electrons. The largest absolute Gasteiger partial charge is 0.193 e. The lowest BCUT2D eigenvalue weighted by Gasteiger charge is -2.11. The Kier molecular flexibility index (Phi) is 3.67. The highest BCUT2D eigenvalue weighted by Crippen LogP contribution is 2.23. The quantitative estimate of drug-likeness (QED) is 0.273. The van der Waals surface area contributed by atoms with Crippen LogP contribution in [0.3, 0.4) is 0 Å². The molecular weight excluding hydrogens is 347 g/mol. The minimum atomic E-state index is 0.936. The molecule has 0 N–H and O–H groups in total. The van der Waals surface area contributed by atoms with Crippen LogP contribution in [0.2, 0.25) is 0 Å². The first kappa shape index (κ1) is 16.4. The van der Waals surface area contributed by atoms with E-state index in [-0.39, 0.29) is 0 Å². The SMILES string of the molecule is B(c1cccc2cc3ccccc3cc12)c1cccc2cc3ccccc3cc12. The van der Waals surface area contributed by atoms with Crippen LogP contribution < -0.4 is 10.9 Å².